The van der Waals surface area contributed by atoms with Gasteiger partial charge in [-0.15, -0.1) is 0 Å². The summed E-state index contributed by atoms with van der Waals surface area (Å²) in [6.07, 6.45) is 0.451. The fourth-order valence-corrected chi connectivity index (χ4v) is 1.98. The molecule has 21 heavy (non-hydrogen) atoms. The van der Waals surface area contributed by atoms with Crippen LogP contribution in [0.3, 0.4) is 0 Å². The zero-order valence-electron chi connectivity index (χ0n) is 11.9. The molecule has 0 saturated carbocycles. The molecule has 0 aliphatic heterocycles. The van der Waals surface area contributed by atoms with Crippen LogP contribution in [0.25, 0.3) is 0 Å². The molecule has 0 saturated heterocycles. The molecule has 0 amide bonds. The zero-order chi connectivity index (χ0) is 15.1. The van der Waals surface area contributed by atoms with Crippen LogP contribution in [0.15, 0.2) is 54.6 Å². The van der Waals surface area contributed by atoms with Crippen molar-refractivity contribution in [2.75, 3.05) is 13.7 Å². The normalized spacial score (nSPS) is 11.7. The third-order valence-corrected chi connectivity index (χ3v) is 3.18. The molecule has 4 heteroatoms. The van der Waals surface area contributed by atoms with E-state index in [1.54, 1.807) is 31.4 Å². The molecule has 0 aliphatic rings. The summed E-state index contributed by atoms with van der Waals surface area (Å²) in [5.74, 6) is -0.0570. The maximum atomic E-state index is 11.3. The highest BCUT2D eigenvalue weighted by atomic mass is 16.5. The Hall–Kier alpha value is -2.49. The van der Waals surface area contributed by atoms with E-state index in [0.29, 0.717) is 12.2 Å². The number of carbonyl (C=O) groups is 1. The van der Waals surface area contributed by atoms with Crippen molar-refractivity contribution in [1.29, 1.82) is 0 Å². The second kappa shape index (κ2) is 7.33. The van der Waals surface area contributed by atoms with Gasteiger partial charge in [-0.05, 0) is 36.2 Å². The molecule has 2 rings (SSSR count). The van der Waals surface area contributed by atoms with E-state index in [2.05, 4.69) is 0 Å². The van der Waals surface area contributed by atoms with Crippen molar-refractivity contribution in [1.82, 2.24) is 0 Å². The van der Waals surface area contributed by atoms with E-state index in [0.717, 1.165) is 11.3 Å². The Morgan fingerprint density at radius 3 is 2.24 bits per heavy atom. The Morgan fingerprint density at radius 1 is 1.05 bits per heavy atom. The van der Waals surface area contributed by atoms with Gasteiger partial charge >= 0.3 is 5.97 Å². The maximum absolute atomic E-state index is 11.3. The Balaban J connectivity index is 1.95. The van der Waals surface area contributed by atoms with Gasteiger partial charge in [0.1, 0.15) is 18.1 Å². The van der Waals surface area contributed by atoms with Gasteiger partial charge in [0.05, 0.1) is 13.0 Å². The first kappa shape index (κ1) is 14.9. The van der Waals surface area contributed by atoms with Crippen LogP contribution in [-0.4, -0.2) is 24.8 Å². The number of ether oxygens (including phenoxy) is 2. The van der Waals surface area contributed by atoms with Crippen molar-refractivity contribution in [2.45, 2.75) is 6.42 Å². The molecule has 1 unspecified atom stereocenters. The predicted molar refractivity (Wildman–Crippen MR) is 79.8 cm³/mol. The summed E-state index contributed by atoms with van der Waals surface area (Å²) in [4.78, 5) is 11.3. The number of rotatable bonds is 7. The van der Waals surface area contributed by atoms with Crippen LogP contribution < -0.4 is 9.47 Å². The summed E-state index contributed by atoms with van der Waals surface area (Å²) in [6.45, 7) is 0.135. The minimum atomic E-state index is -0.854. The molecule has 0 aliphatic carbocycles. The van der Waals surface area contributed by atoms with Crippen LogP contribution in [-0.2, 0) is 11.2 Å². The molecule has 4 nitrogen and oxygen atoms in total. The van der Waals surface area contributed by atoms with Gasteiger partial charge in [-0.1, -0.05) is 30.3 Å². The van der Waals surface area contributed by atoms with Crippen molar-refractivity contribution in [3.8, 4) is 11.5 Å². The highest BCUT2D eigenvalue weighted by Crippen LogP contribution is 2.18. The molecule has 0 spiro atoms. The summed E-state index contributed by atoms with van der Waals surface area (Å²) in [6, 6.07) is 16.6. The monoisotopic (exact) mass is 286 g/mol. The quantitative estimate of drug-likeness (QED) is 0.850. The first-order valence-electron chi connectivity index (χ1n) is 6.72. The lowest BCUT2D eigenvalue weighted by Crippen LogP contribution is -2.23. The fraction of sp³-hybridized carbons (Fsp3) is 0.235. The van der Waals surface area contributed by atoms with Crippen LogP contribution in [0.4, 0.5) is 0 Å². The molecule has 0 heterocycles. The van der Waals surface area contributed by atoms with Gasteiger partial charge in [0.2, 0.25) is 0 Å². The van der Waals surface area contributed by atoms with E-state index < -0.39 is 11.9 Å². The van der Waals surface area contributed by atoms with Crippen molar-refractivity contribution in [3.63, 3.8) is 0 Å². The Bertz CT molecular complexity index is 563. The van der Waals surface area contributed by atoms with E-state index in [4.69, 9.17) is 9.47 Å². The minimum absolute atomic E-state index is 0.135. The molecule has 0 aromatic heterocycles. The number of hydrogen-bond acceptors (Lipinski definition) is 3. The zero-order valence-corrected chi connectivity index (χ0v) is 11.9. The molecule has 0 radical (unpaired) electrons. The summed E-state index contributed by atoms with van der Waals surface area (Å²) in [7, 11) is 1.59. The van der Waals surface area contributed by atoms with Gasteiger partial charge in [-0.25, -0.2) is 0 Å². The summed E-state index contributed by atoms with van der Waals surface area (Å²) in [5.41, 5.74) is 0.989. The van der Waals surface area contributed by atoms with Crippen LogP contribution in [0.5, 0.6) is 11.5 Å². The average molecular weight is 286 g/mol. The van der Waals surface area contributed by atoms with Crippen molar-refractivity contribution < 1.29 is 19.4 Å². The van der Waals surface area contributed by atoms with Crippen molar-refractivity contribution >= 4 is 5.97 Å². The van der Waals surface area contributed by atoms with E-state index in [9.17, 15) is 9.90 Å². The highest BCUT2D eigenvalue weighted by molar-refractivity contribution is 5.70. The summed E-state index contributed by atoms with van der Waals surface area (Å²) in [5, 5.41) is 9.29. The van der Waals surface area contributed by atoms with Gasteiger partial charge in [0.25, 0.3) is 0 Å². The van der Waals surface area contributed by atoms with Gasteiger partial charge in [0, 0.05) is 0 Å². The highest BCUT2D eigenvalue weighted by Gasteiger charge is 2.19. The smallest absolute Gasteiger partial charge is 0.310 e. The van der Waals surface area contributed by atoms with E-state index >= 15 is 0 Å². The number of benzene rings is 2. The molecule has 2 aromatic carbocycles. The Labute approximate surface area is 123 Å². The van der Waals surface area contributed by atoms with Crippen molar-refractivity contribution in [3.05, 3.63) is 60.2 Å². The molecule has 2 aromatic rings. The summed E-state index contributed by atoms with van der Waals surface area (Å²) < 4.78 is 10.6. The third kappa shape index (κ3) is 4.53. The largest absolute Gasteiger partial charge is 0.497 e. The average Bonchev–Trinajstić information content (AvgIpc) is 2.52. The maximum Gasteiger partial charge on any atom is 0.310 e. The lowest BCUT2D eigenvalue weighted by Gasteiger charge is -2.14. The molecule has 0 bridgehead atoms. The minimum Gasteiger partial charge on any atom is -0.497 e. The van der Waals surface area contributed by atoms with E-state index in [1.165, 1.54) is 0 Å². The standard InChI is InChI=1S/C17H18O4/c1-20-15-7-9-16(10-8-15)21-12-14(17(18)19)11-13-5-3-2-4-6-13/h2-10,14H,11-12H2,1H3,(H,18,19). The van der Waals surface area contributed by atoms with E-state index in [-0.39, 0.29) is 6.61 Å². The van der Waals surface area contributed by atoms with Crippen molar-refractivity contribution in [2.24, 2.45) is 5.92 Å². The summed E-state index contributed by atoms with van der Waals surface area (Å²) >= 11 is 0. The first-order chi connectivity index (χ1) is 10.2. The molecule has 1 N–H and O–H groups in total. The van der Waals surface area contributed by atoms with Gasteiger partial charge < -0.3 is 14.6 Å². The molecule has 0 fully saturated rings. The molecule has 1 atom stereocenters. The number of hydrogen-bond donors (Lipinski definition) is 1. The lowest BCUT2D eigenvalue weighted by molar-refractivity contribution is -0.142. The van der Waals surface area contributed by atoms with Crippen LogP contribution in [0, 0.1) is 5.92 Å². The number of carboxylic acids is 1. The lowest BCUT2D eigenvalue weighted by atomic mass is 10.0. The van der Waals surface area contributed by atoms with E-state index in [1.807, 2.05) is 30.3 Å². The number of carboxylic acid groups (broad SMARTS) is 1. The molecular formula is C17H18O4. The Kier molecular flexibility index (Phi) is 5.21. The Morgan fingerprint density at radius 2 is 1.67 bits per heavy atom. The van der Waals surface area contributed by atoms with Crippen LogP contribution in [0.1, 0.15) is 5.56 Å². The number of methoxy groups -OCH3 is 1. The topological polar surface area (TPSA) is 55.8 Å². The molecule has 110 valence electrons. The molecular weight excluding hydrogens is 268 g/mol. The first-order valence-corrected chi connectivity index (χ1v) is 6.72. The SMILES string of the molecule is COc1ccc(OCC(Cc2ccccc2)C(=O)O)cc1. The second-order valence-corrected chi connectivity index (χ2v) is 4.71. The van der Waals surface area contributed by atoms with Gasteiger partial charge in [0.15, 0.2) is 0 Å². The third-order valence-electron chi connectivity index (χ3n) is 3.18. The predicted octanol–water partition coefficient (Wildman–Crippen LogP) is 3.02. The second-order valence-electron chi connectivity index (χ2n) is 4.71. The fourth-order valence-electron chi connectivity index (χ4n) is 1.98. The van der Waals surface area contributed by atoms with Crippen LogP contribution >= 0.6 is 0 Å². The van der Waals surface area contributed by atoms with Gasteiger partial charge in [-0.3, -0.25) is 4.79 Å². The van der Waals surface area contributed by atoms with Gasteiger partial charge in [-0.2, -0.15) is 0 Å². The number of aliphatic carboxylic acids is 1. The van der Waals surface area contributed by atoms with Crippen LogP contribution in [0.2, 0.25) is 0 Å².